The van der Waals surface area contributed by atoms with Crippen LogP contribution in [0, 0.1) is 6.92 Å². The molecule has 2 rings (SSSR count). The van der Waals surface area contributed by atoms with Crippen molar-refractivity contribution in [2.75, 3.05) is 0 Å². The van der Waals surface area contributed by atoms with Crippen molar-refractivity contribution in [1.82, 2.24) is 19.7 Å². The molecule has 0 amide bonds. The average molecular weight is 303 g/mol. The van der Waals surface area contributed by atoms with Gasteiger partial charge in [-0.25, -0.2) is 8.42 Å². The van der Waals surface area contributed by atoms with Crippen molar-refractivity contribution in [2.24, 2.45) is 0 Å². The average Bonchev–Trinajstić information content (AvgIpc) is 2.72. The van der Waals surface area contributed by atoms with Gasteiger partial charge in [0.05, 0.1) is 5.56 Å². The van der Waals surface area contributed by atoms with E-state index in [4.69, 9.17) is 10.7 Å². The van der Waals surface area contributed by atoms with E-state index < -0.39 is 9.05 Å². The number of hydrogen-bond acceptors (Lipinski definition) is 5. The summed E-state index contributed by atoms with van der Waals surface area (Å²) < 4.78 is 24.0. The monoisotopic (exact) mass is 302 g/mol. The van der Waals surface area contributed by atoms with E-state index in [1.54, 1.807) is 13.8 Å². The van der Waals surface area contributed by atoms with E-state index in [9.17, 15) is 13.2 Å². The molecule has 0 aliphatic rings. The minimum absolute atomic E-state index is 0.169. The summed E-state index contributed by atoms with van der Waals surface area (Å²) in [5, 5.41) is 6.91. The fourth-order valence-electron chi connectivity index (χ4n) is 1.70. The summed E-state index contributed by atoms with van der Waals surface area (Å²) in [6.45, 7) is 3.72. The van der Waals surface area contributed by atoms with E-state index in [0.29, 0.717) is 5.69 Å². The Morgan fingerprint density at radius 3 is 2.63 bits per heavy atom. The number of halogens is 1. The van der Waals surface area contributed by atoms with E-state index in [0.717, 1.165) is 0 Å². The molecule has 0 atom stereocenters. The van der Waals surface area contributed by atoms with Gasteiger partial charge in [-0.05, 0) is 13.8 Å². The van der Waals surface area contributed by atoms with E-state index in [-0.39, 0.29) is 28.5 Å². The molecule has 1 N–H and O–H groups in total. The minimum Gasteiger partial charge on any atom is -0.364 e. The maximum atomic E-state index is 11.9. The maximum Gasteiger partial charge on any atom is 0.296 e. The Labute approximate surface area is 113 Å². The highest BCUT2D eigenvalue weighted by molar-refractivity contribution is 8.13. The first kappa shape index (κ1) is 13.8. The molecule has 0 unspecified atom stereocenters. The number of pyridine rings is 1. The molecule has 0 fully saturated rings. The number of rotatable bonds is 3. The lowest BCUT2D eigenvalue weighted by Gasteiger charge is -2.05. The van der Waals surface area contributed by atoms with Crippen LogP contribution in [-0.4, -0.2) is 28.2 Å². The molecule has 2 aromatic rings. The van der Waals surface area contributed by atoms with Gasteiger partial charge in [0.15, 0.2) is 11.3 Å². The van der Waals surface area contributed by atoms with Gasteiger partial charge >= 0.3 is 0 Å². The molecule has 9 heteroatoms. The second-order valence-electron chi connectivity index (χ2n) is 3.88. The van der Waals surface area contributed by atoms with Crippen LogP contribution in [0.5, 0.6) is 0 Å². The van der Waals surface area contributed by atoms with Crippen LogP contribution in [-0.2, 0) is 15.6 Å². The number of H-pyrrole nitrogens is 1. The Kier molecular flexibility index (Phi) is 3.46. The van der Waals surface area contributed by atoms with Gasteiger partial charge in [-0.2, -0.15) is 0 Å². The van der Waals surface area contributed by atoms with Crippen molar-refractivity contribution in [1.29, 1.82) is 0 Å². The van der Waals surface area contributed by atoms with E-state index in [1.165, 1.54) is 16.8 Å². The number of nitrogens with one attached hydrogen (secondary N) is 1. The van der Waals surface area contributed by atoms with Gasteiger partial charge in [-0.15, -0.1) is 10.2 Å². The fraction of sp³-hybridized carbons (Fsp3) is 0.300. The Morgan fingerprint density at radius 2 is 2.11 bits per heavy atom. The summed E-state index contributed by atoms with van der Waals surface area (Å²) in [6.07, 6.45) is 1.47. The molecule has 0 radical (unpaired) electrons. The van der Waals surface area contributed by atoms with Crippen LogP contribution in [0.1, 0.15) is 12.6 Å². The smallest absolute Gasteiger partial charge is 0.296 e. The van der Waals surface area contributed by atoms with Crippen molar-refractivity contribution in [3.8, 4) is 11.4 Å². The van der Waals surface area contributed by atoms with Crippen LogP contribution in [0.15, 0.2) is 22.2 Å². The van der Waals surface area contributed by atoms with Crippen LogP contribution in [0.3, 0.4) is 0 Å². The second kappa shape index (κ2) is 4.78. The summed E-state index contributed by atoms with van der Waals surface area (Å²) in [4.78, 5) is 14.8. The molecule has 0 aromatic carbocycles. The van der Waals surface area contributed by atoms with Gasteiger partial charge in [0, 0.05) is 35.2 Å². The highest BCUT2D eigenvalue weighted by Crippen LogP contribution is 2.19. The SMILES string of the molecule is CCn1c(-c2c[nH]c(C)cc2=O)nnc1S(=O)(=O)Cl. The van der Waals surface area contributed by atoms with Gasteiger partial charge in [0.25, 0.3) is 14.2 Å². The molecular weight excluding hydrogens is 292 g/mol. The molecule has 0 saturated heterocycles. The van der Waals surface area contributed by atoms with Crippen molar-refractivity contribution in [2.45, 2.75) is 25.5 Å². The predicted molar refractivity (Wildman–Crippen MR) is 69.5 cm³/mol. The van der Waals surface area contributed by atoms with Gasteiger partial charge in [-0.3, -0.25) is 9.36 Å². The maximum absolute atomic E-state index is 11.9. The topological polar surface area (TPSA) is 97.7 Å². The number of aromatic nitrogens is 4. The van der Waals surface area contributed by atoms with Gasteiger partial charge < -0.3 is 4.98 Å². The van der Waals surface area contributed by atoms with Crippen molar-refractivity contribution in [3.63, 3.8) is 0 Å². The third kappa shape index (κ3) is 2.54. The molecule has 102 valence electrons. The van der Waals surface area contributed by atoms with Crippen LogP contribution in [0.25, 0.3) is 11.4 Å². The molecular formula is C10H11ClN4O3S. The van der Waals surface area contributed by atoms with Crippen LogP contribution in [0.4, 0.5) is 0 Å². The molecule has 7 nitrogen and oxygen atoms in total. The van der Waals surface area contributed by atoms with Gasteiger partial charge in [0.1, 0.15) is 0 Å². The number of aromatic amines is 1. The zero-order chi connectivity index (χ0) is 14.2. The lowest BCUT2D eigenvalue weighted by Crippen LogP contribution is -2.11. The summed E-state index contributed by atoms with van der Waals surface area (Å²) in [7, 11) is 1.27. The highest BCUT2D eigenvalue weighted by Gasteiger charge is 2.23. The number of hydrogen-bond donors (Lipinski definition) is 1. The molecule has 19 heavy (non-hydrogen) atoms. The van der Waals surface area contributed by atoms with Gasteiger partial charge in [-0.1, -0.05) is 0 Å². The lowest BCUT2D eigenvalue weighted by atomic mass is 10.2. The summed E-state index contributed by atoms with van der Waals surface area (Å²) >= 11 is 0. The van der Waals surface area contributed by atoms with Crippen LogP contribution >= 0.6 is 10.7 Å². The molecule has 0 saturated carbocycles. The third-order valence-corrected chi connectivity index (χ3v) is 3.70. The van der Waals surface area contributed by atoms with Crippen LogP contribution < -0.4 is 5.43 Å². The van der Waals surface area contributed by atoms with Gasteiger partial charge in [0.2, 0.25) is 0 Å². The first-order valence-corrected chi connectivity index (χ1v) is 7.73. The standard InChI is InChI=1S/C10H11ClN4O3S/c1-3-15-9(13-14-10(15)19(11,17)18)7-5-12-6(2)4-8(7)16/h4-5H,3H2,1-2H3,(H,12,16). The molecule has 2 aromatic heterocycles. The summed E-state index contributed by atoms with van der Waals surface area (Å²) in [6, 6.07) is 1.40. The summed E-state index contributed by atoms with van der Waals surface area (Å²) in [5.41, 5.74) is 0.671. The largest absolute Gasteiger partial charge is 0.364 e. The first-order chi connectivity index (χ1) is 8.84. The quantitative estimate of drug-likeness (QED) is 0.849. The second-order valence-corrected chi connectivity index (χ2v) is 6.34. The minimum atomic E-state index is -4.00. The Balaban J connectivity index is 2.71. The zero-order valence-electron chi connectivity index (χ0n) is 10.2. The van der Waals surface area contributed by atoms with Crippen molar-refractivity contribution >= 4 is 19.7 Å². The lowest BCUT2D eigenvalue weighted by molar-refractivity contribution is 0.582. The summed E-state index contributed by atoms with van der Waals surface area (Å²) in [5.74, 6) is 0.169. The number of nitrogens with zero attached hydrogens (tertiary/aromatic N) is 3. The molecule has 0 bridgehead atoms. The Morgan fingerprint density at radius 1 is 1.42 bits per heavy atom. The fourth-order valence-corrected chi connectivity index (χ4v) is 2.66. The third-order valence-electron chi connectivity index (χ3n) is 2.55. The molecule has 0 aliphatic carbocycles. The van der Waals surface area contributed by atoms with Crippen LogP contribution in [0.2, 0.25) is 0 Å². The normalized spacial score (nSPS) is 11.7. The molecule has 0 aliphatic heterocycles. The highest BCUT2D eigenvalue weighted by atomic mass is 35.7. The molecule has 0 spiro atoms. The Hall–Kier alpha value is -1.67. The number of aryl methyl sites for hydroxylation is 1. The molecule has 2 heterocycles. The first-order valence-electron chi connectivity index (χ1n) is 5.42. The van der Waals surface area contributed by atoms with E-state index >= 15 is 0 Å². The van der Waals surface area contributed by atoms with Crippen molar-refractivity contribution < 1.29 is 8.42 Å². The predicted octanol–water partition coefficient (Wildman–Crippen LogP) is 0.889. The zero-order valence-corrected chi connectivity index (χ0v) is 11.8. The van der Waals surface area contributed by atoms with E-state index in [1.807, 2.05) is 0 Å². The van der Waals surface area contributed by atoms with E-state index in [2.05, 4.69) is 15.2 Å². The van der Waals surface area contributed by atoms with Crippen molar-refractivity contribution in [3.05, 3.63) is 28.2 Å². The Bertz CT molecular complexity index is 778.